The molecule has 0 fully saturated rings. The zero-order valence-corrected chi connectivity index (χ0v) is 15.0. The summed E-state index contributed by atoms with van der Waals surface area (Å²) in [6.07, 6.45) is 4.07. The Morgan fingerprint density at radius 1 is 1.32 bits per heavy atom. The molecule has 1 aromatic carbocycles. The molecular weight excluding hydrogens is 332 g/mol. The second kappa shape index (κ2) is 7.45. The van der Waals surface area contributed by atoms with Crippen molar-refractivity contribution in [3.63, 3.8) is 0 Å². The molecule has 25 heavy (non-hydrogen) atoms. The number of thiophene rings is 1. The van der Waals surface area contributed by atoms with Crippen LogP contribution in [0.3, 0.4) is 0 Å². The molecule has 0 radical (unpaired) electrons. The fourth-order valence-corrected chi connectivity index (χ4v) is 3.94. The maximum absolute atomic E-state index is 11.7. The van der Waals surface area contributed by atoms with Crippen molar-refractivity contribution in [1.29, 1.82) is 5.26 Å². The van der Waals surface area contributed by atoms with Crippen LogP contribution in [-0.2, 0) is 9.53 Å². The molecule has 0 N–H and O–H groups in total. The standard InChI is InChI=1S/C20H18N2O2S/c1-3-24-19(23)8-13(2)18-9-16-11-22-12-17(20(16)25-18)15-6-4-14(10-21)5-7-15/h4-7,9,11-13H,3,8H2,1-2H3. The number of ether oxygens (including phenoxy) is 1. The maximum Gasteiger partial charge on any atom is 0.306 e. The molecule has 0 bridgehead atoms. The highest BCUT2D eigenvalue weighted by Gasteiger charge is 2.16. The Kier molecular flexibility index (Phi) is 5.11. The Morgan fingerprint density at radius 2 is 2.08 bits per heavy atom. The van der Waals surface area contributed by atoms with Crippen LogP contribution in [0.2, 0.25) is 0 Å². The van der Waals surface area contributed by atoms with Gasteiger partial charge in [0, 0.05) is 38.8 Å². The number of aromatic nitrogens is 1. The van der Waals surface area contributed by atoms with Gasteiger partial charge in [-0.25, -0.2) is 0 Å². The summed E-state index contributed by atoms with van der Waals surface area (Å²) >= 11 is 1.68. The van der Waals surface area contributed by atoms with Crippen molar-refractivity contribution in [3.8, 4) is 17.2 Å². The summed E-state index contributed by atoms with van der Waals surface area (Å²) in [6, 6.07) is 11.7. The number of hydrogen-bond acceptors (Lipinski definition) is 5. The second-order valence-electron chi connectivity index (χ2n) is 5.85. The summed E-state index contributed by atoms with van der Waals surface area (Å²) in [6.45, 7) is 4.26. The van der Waals surface area contributed by atoms with Crippen LogP contribution < -0.4 is 0 Å². The van der Waals surface area contributed by atoms with Crippen molar-refractivity contribution in [2.24, 2.45) is 0 Å². The molecule has 1 unspecified atom stereocenters. The van der Waals surface area contributed by atoms with Crippen molar-refractivity contribution in [2.45, 2.75) is 26.2 Å². The van der Waals surface area contributed by atoms with E-state index in [0.717, 1.165) is 26.1 Å². The van der Waals surface area contributed by atoms with Crippen LogP contribution in [-0.4, -0.2) is 17.6 Å². The van der Waals surface area contributed by atoms with E-state index >= 15 is 0 Å². The van der Waals surface area contributed by atoms with Gasteiger partial charge in [0.1, 0.15) is 0 Å². The summed E-state index contributed by atoms with van der Waals surface area (Å²) in [5.41, 5.74) is 2.71. The highest BCUT2D eigenvalue weighted by Crippen LogP contribution is 2.37. The molecule has 0 aliphatic carbocycles. The highest BCUT2D eigenvalue weighted by atomic mass is 32.1. The van der Waals surface area contributed by atoms with Crippen LogP contribution in [0.15, 0.2) is 42.7 Å². The molecule has 5 heteroatoms. The number of nitrogens with zero attached hydrogens (tertiary/aromatic N) is 2. The first-order valence-electron chi connectivity index (χ1n) is 8.16. The van der Waals surface area contributed by atoms with Crippen LogP contribution in [0.5, 0.6) is 0 Å². The van der Waals surface area contributed by atoms with Crippen LogP contribution in [0.25, 0.3) is 21.2 Å². The third-order valence-electron chi connectivity index (χ3n) is 4.03. The molecule has 0 aliphatic rings. The van der Waals surface area contributed by atoms with Gasteiger partial charge in [-0.1, -0.05) is 19.1 Å². The van der Waals surface area contributed by atoms with E-state index in [1.807, 2.05) is 50.5 Å². The van der Waals surface area contributed by atoms with E-state index in [1.165, 1.54) is 0 Å². The Labute approximate surface area is 150 Å². The molecule has 1 atom stereocenters. The predicted molar refractivity (Wildman–Crippen MR) is 99.4 cm³/mol. The van der Waals surface area contributed by atoms with E-state index in [2.05, 4.69) is 17.1 Å². The fourth-order valence-electron chi connectivity index (χ4n) is 2.73. The Hall–Kier alpha value is -2.71. The van der Waals surface area contributed by atoms with E-state index in [4.69, 9.17) is 10.00 Å². The number of esters is 1. The summed E-state index contributed by atoms with van der Waals surface area (Å²) in [5, 5.41) is 10.0. The third-order valence-corrected chi connectivity index (χ3v) is 5.45. The lowest BCUT2D eigenvalue weighted by atomic mass is 10.0. The van der Waals surface area contributed by atoms with Crippen LogP contribution >= 0.6 is 11.3 Å². The molecule has 0 amide bonds. The minimum absolute atomic E-state index is 0.102. The molecule has 126 valence electrons. The number of carbonyl (C=O) groups is 1. The van der Waals surface area contributed by atoms with Crippen molar-refractivity contribution in [3.05, 3.63) is 53.2 Å². The topological polar surface area (TPSA) is 63.0 Å². The molecule has 0 saturated heterocycles. The van der Waals surface area contributed by atoms with Gasteiger partial charge in [-0.15, -0.1) is 11.3 Å². The van der Waals surface area contributed by atoms with E-state index in [0.29, 0.717) is 18.6 Å². The quantitative estimate of drug-likeness (QED) is 0.615. The average molecular weight is 350 g/mol. The lowest BCUT2D eigenvalue weighted by Gasteiger charge is -2.08. The normalized spacial score (nSPS) is 11.9. The number of nitriles is 1. The Bertz CT molecular complexity index is 938. The lowest BCUT2D eigenvalue weighted by Crippen LogP contribution is -2.07. The van der Waals surface area contributed by atoms with Gasteiger partial charge in [0.25, 0.3) is 0 Å². The first-order valence-corrected chi connectivity index (χ1v) is 8.97. The molecule has 2 heterocycles. The Morgan fingerprint density at radius 3 is 2.76 bits per heavy atom. The van der Waals surface area contributed by atoms with Gasteiger partial charge in [-0.2, -0.15) is 5.26 Å². The summed E-state index contributed by atoms with van der Waals surface area (Å²) in [4.78, 5) is 17.2. The lowest BCUT2D eigenvalue weighted by molar-refractivity contribution is -0.143. The monoisotopic (exact) mass is 350 g/mol. The van der Waals surface area contributed by atoms with Crippen LogP contribution in [0.4, 0.5) is 0 Å². The van der Waals surface area contributed by atoms with Gasteiger partial charge >= 0.3 is 5.97 Å². The van der Waals surface area contributed by atoms with Gasteiger partial charge in [0.2, 0.25) is 0 Å². The molecule has 0 spiro atoms. The number of carbonyl (C=O) groups excluding carboxylic acids is 1. The first kappa shape index (κ1) is 17.1. The minimum Gasteiger partial charge on any atom is -0.466 e. The fraction of sp³-hybridized carbons (Fsp3) is 0.250. The smallest absolute Gasteiger partial charge is 0.306 e. The van der Waals surface area contributed by atoms with E-state index in [-0.39, 0.29) is 11.9 Å². The molecule has 3 aromatic rings. The highest BCUT2D eigenvalue weighted by molar-refractivity contribution is 7.19. The zero-order valence-electron chi connectivity index (χ0n) is 14.2. The molecule has 4 nitrogen and oxygen atoms in total. The van der Waals surface area contributed by atoms with Crippen LogP contribution in [0.1, 0.15) is 36.6 Å². The number of hydrogen-bond donors (Lipinski definition) is 0. The molecule has 0 saturated carbocycles. The summed E-state index contributed by atoms with van der Waals surface area (Å²) in [5.74, 6) is -0.0665. The van der Waals surface area contributed by atoms with Gasteiger partial charge < -0.3 is 4.74 Å². The molecule has 2 aromatic heterocycles. The van der Waals surface area contributed by atoms with Crippen LogP contribution in [0, 0.1) is 11.3 Å². The summed E-state index contributed by atoms with van der Waals surface area (Å²) < 4.78 is 6.19. The van der Waals surface area contributed by atoms with E-state index in [9.17, 15) is 4.79 Å². The SMILES string of the molecule is CCOC(=O)CC(C)c1cc2cncc(-c3ccc(C#N)cc3)c2s1. The van der Waals surface area contributed by atoms with Crippen molar-refractivity contribution in [1.82, 2.24) is 4.98 Å². The molecular formula is C20H18N2O2S. The molecule has 3 rings (SSSR count). The van der Waals surface area contributed by atoms with Gasteiger partial charge in [0.15, 0.2) is 0 Å². The second-order valence-corrected chi connectivity index (χ2v) is 6.94. The largest absolute Gasteiger partial charge is 0.466 e. The predicted octanol–water partition coefficient (Wildman–Crippen LogP) is 4.89. The van der Waals surface area contributed by atoms with Gasteiger partial charge in [0.05, 0.1) is 24.7 Å². The third kappa shape index (κ3) is 3.70. The number of rotatable bonds is 5. The first-order chi connectivity index (χ1) is 12.1. The zero-order chi connectivity index (χ0) is 17.8. The van der Waals surface area contributed by atoms with Crippen molar-refractivity contribution in [2.75, 3.05) is 6.61 Å². The van der Waals surface area contributed by atoms with E-state index < -0.39 is 0 Å². The Balaban J connectivity index is 1.95. The van der Waals surface area contributed by atoms with Crippen molar-refractivity contribution < 1.29 is 9.53 Å². The maximum atomic E-state index is 11.7. The number of benzene rings is 1. The summed E-state index contributed by atoms with van der Waals surface area (Å²) in [7, 11) is 0. The average Bonchev–Trinajstić information content (AvgIpc) is 3.06. The number of fused-ring (bicyclic) bond motifs is 1. The van der Waals surface area contributed by atoms with Gasteiger partial charge in [-0.3, -0.25) is 9.78 Å². The van der Waals surface area contributed by atoms with Gasteiger partial charge in [-0.05, 0) is 30.7 Å². The van der Waals surface area contributed by atoms with Crippen molar-refractivity contribution >= 4 is 27.4 Å². The van der Waals surface area contributed by atoms with E-state index in [1.54, 1.807) is 11.3 Å². The molecule has 0 aliphatic heterocycles. The minimum atomic E-state index is -0.169. The number of pyridine rings is 1.